The molecular weight excluding hydrogens is 276 g/mol. The summed E-state index contributed by atoms with van der Waals surface area (Å²) in [5.41, 5.74) is 3.18. The molecule has 0 amide bonds. The van der Waals surface area contributed by atoms with Gasteiger partial charge in [-0.3, -0.25) is 0 Å². The summed E-state index contributed by atoms with van der Waals surface area (Å²) >= 11 is 1.83. The maximum atomic E-state index is 6.09. The maximum absolute atomic E-state index is 6.09. The standard InChI is InChI=1S/C19H12OS/c1-11-5-4-7-13-14-9-15-12-6-2-3-8-17(12)21-18(15)10-16(14)20-19(11)13/h2-10H,1H3. The van der Waals surface area contributed by atoms with Crippen LogP contribution in [0.25, 0.3) is 42.1 Å². The Bertz CT molecular complexity index is 1140. The first kappa shape index (κ1) is 11.4. The normalized spacial score (nSPS) is 12.0. The molecule has 5 aromatic rings. The molecule has 100 valence electrons. The molecule has 0 saturated carbocycles. The van der Waals surface area contributed by atoms with E-state index in [1.165, 1.54) is 36.5 Å². The Morgan fingerprint density at radius 1 is 0.762 bits per heavy atom. The quantitative estimate of drug-likeness (QED) is 0.327. The molecule has 2 aromatic heterocycles. The molecule has 0 fully saturated rings. The molecule has 0 atom stereocenters. The zero-order chi connectivity index (χ0) is 14.0. The van der Waals surface area contributed by atoms with Gasteiger partial charge in [-0.25, -0.2) is 0 Å². The second kappa shape index (κ2) is 3.86. The number of aryl methyl sites for hydroxylation is 1. The summed E-state index contributed by atoms with van der Waals surface area (Å²) in [5.74, 6) is 0. The molecule has 3 aromatic carbocycles. The average molecular weight is 288 g/mol. The lowest BCUT2D eigenvalue weighted by molar-refractivity contribution is 0.666. The van der Waals surface area contributed by atoms with Gasteiger partial charge < -0.3 is 4.42 Å². The minimum absolute atomic E-state index is 0.985. The molecule has 2 heteroatoms. The molecule has 0 unspecified atom stereocenters. The molecule has 0 aliphatic rings. The van der Waals surface area contributed by atoms with E-state index in [-0.39, 0.29) is 0 Å². The number of para-hydroxylation sites is 1. The second-order valence-electron chi connectivity index (χ2n) is 5.50. The lowest BCUT2D eigenvalue weighted by Crippen LogP contribution is -1.71. The van der Waals surface area contributed by atoms with Crippen LogP contribution in [0.2, 0.25) is 0 Å². The van der Waals surface area contributed by atoms with E-state index in [0.29, 0.717) is 0 Å². The number of furan rings is 1. The van der Waals surface area contributed by atoms with Gasteiger partial charge in [-0.1, -0.05) is 36.4 Å². The lowest BCUT2D eigenvalue weighted by Gasteiger charge is -1.93. The van der Waals surface area contributed by atoms with Crippen molar-refractivity contribution in [2.45, 2.75) is 6.92 Å². The predicted octanol–water partition coefficient (Wildman–Crippen LogP) is 6.26. The van der Waals surface area contributed by atoms with E-state index in [1.54, 1.807) is 0 Å². The summed E-state index contributed by atoms with van der Waals surface area (Å²) in [6, 6.07) is 19.4. The lowest BCUT2D eigenvalue weighted by atomic mass is 10.1. The fourth-order valence-electron chi connectivity index (χ4n) is 3.16. The van der Waals surface area contributed by atoms with Crippen molar-refractivity contribution in [3.8, 4) is 0 Å². The Balaban J connectivity index is 2.04. The molecule has 0 spiro atoms. The molecule has 0 bridgehead atoms. The highest BCUT2D eigenvalue weighted by molar-refractivity contribution is 7.25. The molecule has 0 radical (unpaired) electrons. The van der Waals surface area contributed by atoms with E-state index in [0.717, 1.165) is 11.2 Å². The SMILES string of the molecule is Cc1cccc2c1oc1cc3sc4ccccc4c3cc12. The van der Waals surface area contributed by atoms with Crippen LogP contribution in [0.4, 0.5) is 0 Å². The van der Waals surface area contributed by atoms with Crippen molar-refractivity contribution in [2.75, 3.05) is 0 Å². The van der Waals surface area contributed by atoms with E-state index in [9.17, 15) is 0 Å². The van der Waals surface area contributed by atoms with Crippen LogP contribution in [0.5, 0.6) is 0 Å². The largest absolute Gasteiger partial charge is 0.456 e. The number of hydrogen-bond donors (Lipinski definition) is 0. The van der Waals surface area contributed by atoms with Crippen LogP contribution in [0.15, 0.2) is 59.0 Å². The summed E-state index contributed by atoms with van der Waals surface area (Å²) in [4.78, 5) is 0. The summed E-state index contributed by atoms with van der Waals surface area (Å²) in [7, 11) is 0. The van der Waals surface area contributed by atoms with E-state index < -0.39 is 0 Å². The Hall–Kier alpha value is -2.32. The molecule has 21 heavy (non-hydrogen) atoms. The van der Waals surface area contributed by atoms with Crippen LogP contribution in [0.3, 0.4) is 0 Å². The summed E-state index contributed by atoms with van der Waals surface area (Å²) in [6.45, 7) is 2.10. The van der Waals surface area contributed by atoms with Crippen LogP contribution in [0.1, 0.15) is 5.56 Å². The second-order valence-corrected chi connectivity index (χ2v) is 6.58. The van der Waals surface area contributed by atoms with Crippen LogP contribution in [-0.4, -0.2) is 0 Å². The Labute approximate surface area is 125 Å². The monoisotopic (exact) mass is 288 g/mol. The van der Waals surface area contributed by atoms with E-state index in [4.69, 9.17) is 4.42 Å². The van der Waals surface area contributed by atoms with E-state index in [2.05, 4.69) is 61.5 Å². The first-order valence-electron chi connectivity index (χ1n) is 7.04. The topological polar surface area (TPSA) is 13.1 Å². The smallest absolute Gasteiger partial charge is 0.138 e. The fourth-order valence-corrected chi connectivity index (χ4v) is 4.27. The van der Waals surface area contributed by atoms with Gasteiger partial charge in [0.05, 0.1) is 0 Å². The van der Waals surface area contributed by atoms with Gasteiger partial charge in [0.2, 0.25) is 0 Å². The molecule has 0 aliphatic carbocycles. The third kappa shape index (κ3) is 1.45. The van der Waals surface area contributed by atoms with Crippen molar-refractivity contribution in [1.29, 1.82) is 0 Å². The first-order chi connectivity index (χ1) is 10.3. The minimum atomic E-state index is 0.985. The summed E-state index contributed by atoms with van der Waals surface area (Å²) in [5, 5.41) is 5.08. The highest BCUT2D eigenvalue weighted by atomic mass is 32.1. The van der Waals surface area contributed by atoms with Crippen molar-refractivity contribution in [1.82, 2.24) is 0 Å². The predicted molar refractivity (Wildman–Crippen MR) is 91.3 cm³/mol. The van der Waals surface area contributed by atoms with E-state index >= 15 is 0 Å². The Kier molecular flexibility index (Phi) is 2.09. The summed E-state index contributed by atoms with van der Waals surface area (Å²) in [6.07, 6.45) is 0. The number of rotatable bonds is 0. The van der Waals surface area contributed by atoms with Crippen LogP contribution >= 0.6 is 11.3 Å². The zero-order valence-electron chi connectivity index (χ0n) is 11.5. The van der Waals surface area contributed by atoms with Gasteiger partial charge in [0.15, 0.2) is 0 Å². The van der Waals surface area contributed by atoms with Crippen LogP contribution < -0.4 is 0 Å². The van der Waals surface area contributed by atoms with Crippen molar-refractivity contribution in [2.24, 2.45) is 0 Å². The number of fused-ring (bicyclic) bond motifs is 6. The molecule has 0 N–H and O–H groups in total. The molecule has 0 saturated heterocycles. The zero-order valence-corrected chi connectivity index (χ0v) is 12.3. The van der Waals surface area contributed by atoms with E-state index in [1.807, 2.05) is 11.3 Å². The Morgan fingerprint density at radius 3 is 2.57 bits per heavy atom. The number of thiophene rings is 1. The molecular formula is C19H12OS. The van der Waals surface area contributed by atoms with Crippen molar-refractivity contribution < 1.29 is 4.42 Å². The average Bonchev–Trinajstić information content (AvgIpc) is 3.04. The third-order valence-electron chi connectivity index (χ3n) is 4.19. The van der Waals surface area contributed by atoms with Gasteiger partial charge in [0.25, 0.3) is 0 Å². The number of benzene rings is 3. The summed E-state index contributed by atoms with van der Waals surface area (Å²) < 4.78 is 8.72. The van der Waals surface area contributed by atoms with Gasteiger partial charge in [0, 0.05) is 30.9 Å². The maximum Gasteiger partial charge on any atom is 0.138 e. The molecule has 2 heterocycles. The fraction of sp³-hybridized carbons (Fsp3) is 0.0526. The van der Waals surface area contributed by atoms with Gasteiger partial charge in [-0.15, -0.1) is 11.3 Å². The molecule has 1 nitrogen and oxygen atoms in total. The van der Waals surface area contributed by atoms with Gasteiger partial charge >= 0.3 is 0 Å². The molecule has 0 aliphatic heterocycles. The van der Waals surface area contributed by atoms with Crippen molar-refractivity contribution in [3.05, 3.63) is 60.2 Å². The highest BCUT2D eigenvalue weighted by Crippen LogP contribution is 2.39. The van der Waals surface area contributed by atoms with Gasteiger partial charge in [-0.2, -0.15) is 0 Å². The van der Waals surface area contributed by atoms with Crippen molar-refractivity contribution >= 4 is 53.4 Å². The first-order valence-corrected chi connectivity index (χ1v) is 7.86. The third-order valence-corrected chi connectivity index (χ3v) is 5.33. The van der Waals surface area contributed by atoms with Crippen molar-refractivity contribution in [3.63, 3.8) is 0 Å². The van der Waals surface area contributed by atoms with Gasteiger partial charge in [0.1, 0.15) is 11.2 Å². The minimum Gasteiger partial charge on any atom is -0.456 e. The molecule has 5 rings (SSSR count). The van der Waals surface area contributed by atoms with Crippen LogP contribution in [0, 0.1) is 6.92 Å². The van der Waals surface area contributed by atoms with Crippen LogP contribution in [-0.2, 0) is 0 Å². The highest BCUT2D eigenvalue weighted by Gasteiger charge is 2.12. The number of hydrogen-bond acceptors (Lipinski definition) is 2. The Morgan fingerprint density at radius 2 is 1.62 bits per heavy atom. The van der Waals surface area contributed by atoms with Gasteiger partial charge in [-0.05, 0) is 30.7 Å².